The minimum Gasteiger partial charge on any atom is -0.460 e. The summed E-state index contributed by atoms with van der Waals surface area (Å²) in [4.78, 5) is 52.3. The Bertz CT molecular complexity index is 1180. The molecule has 0 heterocycles. The lowest BCUT2D eigenvalue weighted by Gasteiger charge is -2.64. The average Bonchev–Trinajstić information content (AvgIpc) is 3.05. The monoisotopic (exact) mass is 576 g/mol. The van der Waals surface area contributed by atoms with Crippen molar-refractivity contribution in [2.45, 2.75) is 117 Å². The SMILES string of the molecule is CC(=O)OC(C)(C)CCC(=O)[C@](C)(O)C1[C@H](O)C[C@@]2(C)C3CC=C4[C@@H](C[C@H](O)C(=O)C4(C)C)[C@]3(CO)C(=O)C[C@]12C. The summed E-state index contributed by atoms with van der Waals surface area (Å²) in [5.74, 6) is -3.43. The van der Waals surface area contributed by atoms with Crippen molar-refractivity contribution in [3.8, 4) is 0 Å². The van der Waals surface area contributed by atoms with E-state index in [4.69, 9.17) is 4.74 Å². The summed E-state index contributed by atoms with van der Waals surface area (Å²) in [5, 5.41) is 45.1. The zero-order chi connectivity index (χ0) is 31.1. The number of aliphatic hydroxyl groups is 4. The number of ketones is 3. The fourth-order valence-corrected chi connectivity index (χ4v) is 9.75. The maximum atomic E-state index is 14.4. The van der Waals surface area contributed by atoms with Crippen molar-refractivity contribution in [1.82, 2.24) is 0 Å². The molecule has 9 atom stereocenters. The molecule has 0 saturated heterocycles. The van der Waals surface area contributed by atoms with Crippen LogP contribution in [0.15, 0.2) is 11.6 Å². The van der Waals surface area contributed by atoms with E-state index in [2.05, 4.69) is 0 Å². The molecule has 9 nitrogen and oxygen atoms in total. The maximum Gasteiger partial charge on any atom is 0.303 e. The molecule has 4 rings (SSSR count). The number of hydrogen-bond acceptors (Lipinski definition) is 9. The minimum atomic E-state index is -1.97. The summed E-state index contributed by atoms with van der Waals surface area (Å²) < 4.78 is 5.30. The van der Waals surface area contributed by atoms with Crippen molar-refractivity contribution in [1.29, 1.82) is 0 Å². The van der Waals surface area contributed by atoms with E-state index in [0.29, 0.717) is 6.42 Å². The number of fused-ring (bicyclic) bond motifs is 5. The van der Waals surface area contributed by atoms with Gasteiger partial charge in [0, 0.05) is 31.1 Å². The molecular formula is C32H48O9. The summed E-state index contributed by atoms with van der Waals surface area (Å²) in [5.41, 5.74) is -6.09. The number of allylic oxidation sites excluding steroid dienone is 2. The molecule has 0 amide bonds. The van der Waals surface area contributed by atoms with Gasteiger partial charge in [-0.15, -0.1) is 0 Å². The van der Waals surface area contributed by atoms with Crippen LogP contribution in [-0.2, 0) is 23.9 Å². The van der Waals surface area contributed by atoms with E-state index < -0.39 is 81.2 Å². The van der Waals surface area contributed by atoms with Crippen molar-refractivity contribution < 1.29 is 44.3 Å². The Balaban J connectivity index is 1.74. The van der Waals surface area contributed by atoms with Crippen LogP contribution in [-0.4, -0.2) is 73.8 Å². The van der Waals surface area contributed by atoms with E-state index in [9.17, 15) is 39.6 Å². The Morgan fingerprint density at radius 3 is 2.24 bits per heavy atom. The molecule has 230 valence electrons. The normalized spacial score (nSPS) is 41.5. The van der Waals surface area contributed by atoms with Gasteiger partial charge in [0.15, 0.2) is 11.6 Å². The third-order valence-electron chi connectivity index (χ3n) is 11.9. The Kier molecular flexibility index (Phi) is 7.64. The van der Waals surface area contributed by atoms with Crippen molar-refractivity contribution >= 4 is 23.3 Å². The second-order valence-corrected chi connectivity index (χ2v) is 15.0. The first-order valence-electron chi connectivity index (χ1n) is 14.8. The lowest BCUT2D eigenvalue weighted by Crippen LogP contribution is -2.67. The van der Waals surface area contributed by atoms with Crippen molar-refractivity contribution in [3.63, 3.8) is 0 Å². The number of hydrogen-bond donors (Lipinski definition) is 4. The van der Waals surface area contributed by atoms with Gasteiger partial charge in [0.2, 0.25) is 0 Å². The van der Waals surface area contributed by atoms with Gasteiger partial charge >= 0.3 is 5.97 Å². The maximum absolute atomic E-state index is 14.4. The topological polar surface area (TPSA) is 158 Å². The van der Waals surface area contributed by atoms with E-state index in [1.807, 2.05) is 19.9 Å². The van der Waals surface area contributed by atoms with Crippen molar-refractivity contribution in [3.05, 3.63) is 11.6 Å². The molecule has 0 spiro atoms. The van der Waals surface area contributed by atoms with Gasteiger partial charge in [0.25, 0.3) is 0 Å². The van der Waals surface area contributed by atoms with Gasteiger partial charge in [-0.05, 0) is 83.0 Å². The van der Waals surface area contributed by atoms with Crippen LogP contribution < -0.4 is 0 Å². The molecule has 3 saturated carbocycles. The quantitative estimate of drug-likeness (QED) is 0.264. The van der Waals surface area contributed by atoms with Crippen LogP contribution in [0.25, 0.3) is 0 Å². The molecule has 41 heavy (non-hydrogen) atoms. The highest BCUT2D eigenvalue weighted by Gasteiger charge is 2.75. The van der Waals surface area contributed by atoms with Crippen LogP contribution in [0, 0.1) is 39.4 Å². The van der Waals surface area contributed by atoms with Crippen molar-refractivity contribution in [2.24, 2.45) is 39.4 Å². The highest BCUT2D eigenvalue weighted by Crippen LogP contribution is 2.74. The number of Topliss-reactive ketones (excluding diaryl/α,β-unsaturated/α-hetero) is 3. The summed E-state index contributed by atoms with van der Waals surface area (Å²) >= 11 is 0. The van der Waals surface area contributed by atoms with Crippen LogP contribution in [0.3, 0.4) is 0 Å². The molecule has 2 unspecified atom stereocenters. The van der Waals surface area contributed by atoms with Crippen LogP contribution in [0.5, 0.6) is 0 Å². The molecular weight excluding hydrogens is 528 g/mol. The summed E-state index contributed by atoms with van der Waals surface area (Å²) in [6.45, 7) is 13.0. The molecule has 0 aromatic rings. The molecule has 9 heteroatoms. The smallest absolute Gasteiger partial charge is 0.303 e. The zero-order valence-corrected chi connectivity index (χ0v) is 25.7. The fraction of sp³-hybridized carbons (Fsp3) is 0.812. The standard InChI is InChI=1S/C32H48O9/c1-17(34)41-27(2,3)12-11-23(37)31(8,40)25-21(36)14-29(6)22-10-9-18-19(13-20(35)26(39)28(18,4)5)32(22,16-33)24(38)15-30(25,29)7/h9,19-22,25,33,35-36,40H,10-16H2,1-8H3/t19-,20+,21-,22?,25?,29+,30-,31+,32+/m1/s1. The second-order valence-electron chi connectivity index (χ2n) is 15.0. The van der Waals surface area contributed by atoms with E-state index in [0.717, 1.165) is 5.57 Å². The Hall–Kier alpha value is -1.94. The van der Waals surface area contributed by atoms with E-state index in [-0.39, 0.29) is 43.7 Å². The van der Waals surface area contributed by atoms with Crippen LogP contribution >= 0.6 is 0 Å². The molecule has 4 N–H and O–H groups in total. The third-order valence-corrected chi connectivity index (χ3v) is 11.9. The molecule has 0 aromatic heterocycles. The Labute approximate surface area is 242 Å². The minimum absolute atomic E-state index is 0.0456. The Morgan fingerprint density at radius 1 is 1.07 bits per heavy atom. The summed E-state index contributed by atoms with van der Waals surface area (Å²) in [6, 6.07) is 0. The number of esters is 1. The number of carbonyl (C=O) groups is 4. The van der Waals surface area contributed by atoms with Gasteiger partial charge in [-0.3, -0.25) is 19.2 Å². The predicted octanol–water partition coefficient (Wildman–Crippen LogP) is 2.70. The molecule has 0 aromatic carbocycles. The first kappa shape index (κ1) is 32.0. The number of ether oxygens (including phenoxy) is 1. The van der Waals surface area contributed by atoms with E-state index in [1.54, 1.807) is 27.7 Å². The van der Waals surface area contributed by atoms with Gasteiger partial charge < -0.3 is 25.2 Å². The number of aliphatic hydroxyl groups excluding tert-OH is 3. The average molecular weight is 577 g/mol. The third kappa shape index (κ3) is 4.40. The number of carbonyl (C=O) groups excluding carboxylic acids is 4. The molecule has 4 aliphatic rings. The largest absolute Gasteiger partial charge is 0.460 e. The van der Waals surface area contributed by atoms with Crippen molar-refractivity contribution in [2.75, 3.05) is 6.61 Å². The molecule has 0 aliphatic heterocycles. The first-order valence-corrected chi connectivity index (χ1v) is 14.8. The van der Waals surface area contributed by atoms with Gasteiger partial charge in [-0.2, -0.15) is 0 Å². The van der Waals surface area contributed by atoms with Gasteiger partial charge in [-0.25, -0.2) is 0 Å². The first-order chi connectivity index (χ1) is 18.6. The Morgan fingerprint density at radius 2 is 1.68 bits per heavy atom. The molecule has 4 aliphatic carbocycles. The van der Waals surface area contributed by atoms with Crippen LogP contribution in [0.2, 0.25) is 0 Å². The van der Waals surface area contributed by atoms with E-state index >= 15 is 0 Å². The van der Waals surface area contributed by atoms with Crippen LogP contribution in [0.4, 0.5) is 0 Å². The van der Waals surface area contributed by atoms with E-state index in [1.165, 1.54) is 13.8 Å². The van der Waals surface area contributed by atoms with Gasteiger partial charge in [-0.1, -0.05) is 25.5 Å². The predicted molar refractivity (Wildman–Crippen MR) is 149 cm³/mol. The lowest BCUT2D eigenvalue weighted by atomic mass is 9.38. The summed E-state index contributed by atoms with van der Waals surface area (Å²) in [7, 11) is 0. The molecule has 3 fully saturated rings. The van der Waals surface area contributed by atoms with Crippen LogP contribution in [0.1, 0.15) is 93.9 Å². The zero-order valence-electron chi connectivity index (χ0n) is 25.7. The van der Waals surface area contributed by atoms with Gasteiger partial charge in [0.05, 0.1) is 18.1 Å². The number of rotatable bonds is 7. The van der Waals surface area contributed by atoms with Gasteiger partial charge in [0.1, 0.15) is 23.1 Å². The molecule has 0 radical (unpaired) electrons. The fourth-order valence-electron chi connectivity index (χ4n) is 9.75. The molecule has 0 bridgehead atoms. The highest BCUT2D eigenvalue weighted by molar-refractivity contribution is 5.95. The second kappa shape index (κ2) is 9.79. The lowest BCUT2D eigenvalue weighted by molar-refractivity contribution is -0.193. The summed E-state index contributed by atoms with van der Waals surface area (Å²) in [6.07, 6.45) is 0.323. The highest BCUT2D eigenvalue weighted by atomic mass is 16.6.